The van der Waals surface area contributed by atoms with E-state index < -0.39 is 0 Å². The highest BCUT2D eigenvalue weighted by atomic mass is 16.5. The Morgan fingerprint density at radius 1 is 1.44 bits per heavy atom. The van der Waals surface area contributed by atoms with Crippen molar-refractivity contribution in [1.29, 1.82) is 5.41 Å². The number of hydrogen-bond acceptors (Lipinski definition) is 3. The molecular formula is C13H18N2O. The molecule has 0 amide bonds. The van der Waals surface area contributed by atoms with Gasteiger partial charge in [0.15, 0.2) is 0 Å². The molecule has 0 aliphatic heterocycles. The molecule has 0 aromatic heterocycles. The summed E-state index contributed by atoms with van der Waals surface area (Å²) in [6.07, 6.45) is 1.82. The summed E-state index contributed by atoms with van der Waals surface area (Å²) in [5.41, 5.74) is 3.39. The van der Waals surface area contributed by atoms with Gasteiger partial charge in [-0.25, -0.2) is 0 Å². The molecule has 0 unspecified atom stereocenters. The topological polar surface area (TPSA) is 45.1 Å². The lowest BCUT2D eigenvalue weighted by molar-refractivity contribution is 0.411. The first kappa shape index (κ1) is 12.3. The summed E-state index contributed by atoms with van der Waals surface area (Å²) >= 11 is 0. The third kappa shape index (κ3) is 2.63. The smallest absolute Gasteiger partial charge is 0.121 e. The van der Waals surface area contributed by atoms with Crippen LogP contribution in [0.2, 0.25) is 0 Å². The summed E-state index contributed by atoms with van der Waals surface area (Å²) in [6, 6.07) is 5.77. The van der Waals surface area contributed by atoms with Gasteiger partial charge in [0.25, 0.3) is 0 Å². The molecule has 1 aromatic carbocycles. The quantitative estimate of drug-likeness (QED) is 0.763. The van der Waals surface area contributed by atoms with Crippen molar-refractivity contribution in [3.63, 3.8) is 0 Å². The Labute approximate surface area is 96.6 Å². The van der Waals surface area contributed by atoms with Gasteiger partial charge in [-0.2, -0.15) is 0 Å². The maximum atomic E-state index is 8.01. The highest BCUT2D eigenvalue weighted by Crippen LogP contribution is 2.19. The van der Waals surface area contributed by atoms with Gasteiger partial charge in [-0.05, 0) is 43.2 Å². The van der Waals surface area contributed by atoms with Gasteiger partial charge >= 0.3 is 0 Å². The van der Waals surface area contributed by atoms with Crippen molar-refractivity contribution in [2.24, 2.45) is 0 Å². The SMILES string of the molecule is CN/C=C(/C)C(=N)c1ccc(OC)c(C)c1. The van der Waals surface area contributed by atoms with Crippen molar-refractivity contribution < 1.29 is 4.74 Å². The molecule has 3 nitrogen and oxygen atoms in total. The molecule has 1 rings (SSSR count). The molecule has 3 heteroatoms. The zero-order chi connectivity index (χ0) is 12.1. The van der Waals surface area contributed by atoms with Crippen LogP contribution in [0, 0.1) is 12.3 Å². The standard InChI is InChI=1S/C13H18N2O/c1-9-7-11(5-6-12(9)16-4)13(14)10(2)8-15-3/h5-8,14-15H,1-4H3/b10-8-,14-13?. The Hall–Kier alpha value is -1.77. The molecule has 0 saturated carbocycles. The summed E-state index contributed by atoms with van der Waals surface area (Å²) in [5, 5.41) is 10.9. The first-order valence-corrected chi connectivity index (χ1v) is 5.18. The zero-order valence-corrected chi connectivity index (χ0v) is 10.2. The van der Waals surface area contributed by atoms with Gasteiger partial charge < -0.3 is 10.1 Å². The third-order valence-corrected chi connectivity index (χ3v) is 2.44. The van der Waals surface area contributed by atoms with Gasteiger partial charge in [-0.1, -0.05) is 0 Å². The Balaban J connectivity index is 3.02. The van der Waals surface area contributed by atoms with Crippen molar-refractivity contribution in [2.75, 3.05) is 14.2 Å². The van der Waals surface area contributed by atoms with Gasteiger partial charge in [0.2, 0.25) is 0 Å². The van der Waals surface area contributed by atoms with Crippen LogP contribution in [0.3, 0.4) is 0 Å². The molecule has 0 saturated heterocycles. The van der Waals surface area contributed by atoms with E-state index in [1.165, 1.54) is 0 Å². The Morgan fingerprint density at radius 3 is 2.62 bits per heavy atom. The van der Waals surface area contributed by atoms with Gasteiger partial charge in [-0.3, -0.25) is 5.41 Å². The molecule has 16 heavy (non-hydrogen) atoms. The van der Waals surface area contributed by atoms with Crippen LogP contribution in [-0.2, 0) is 0 Å². The summed E-state index contributed by atoms with van der Waals surface area (Å²) in [4.78, 5) is 0. The number of hydrogen-bond donors (Lipinski definition) is 2. The molecule has 0 spiro atoms. The van der Waals surface area contributed by atoms with Crippen LogP contribution in [0.15, 0.2) is 30.0 Å². The van der Waals surface area contributed by atoms with Crippen LogP contribution >= 0.6 is 0 Å². The molecule has 0 radical (unpaired) electrons. The Kier molecular flexibility index (Phi) is 4.11. The van der Waals surface area contributed by atoms with Crippen molar-refractivity contribution >= 4 is 5.71 Å². The number of rotatable bonds is 4. The van der Waals surface area contributed by atoms with Crippen molar-refractivity contribution in [3.8, 4) is 5.75 Å². The fourth-order valence-electron chi connectivity index (χ4n) is 1.55. The lowest BCUT2D eigenvalue weighted by atomic mass is 10.0. The molecule has 0 fully saturated rings. The third-order valence-electron chi connectivity index (χ3n) is 2.44. The van der Waals surface area contributed by atoms with E-state index in [0.717, 1.165) is 22.4 Å². The maximum absolute atomic E-state index is 8.01. The van der Waals surface area contributed by atoms with E-state index in [4.69, 9.17) is 10.1 Å². The Bertz CT molecular complexity index is 422. The van der Waals surface area contributed by atoms with Crippen LogP contribution in [0.4, 0.5) is 0 Å². The molecule has 0 aliphatic carbocycles. The average Bonchev–Trinajstić information content (AvgIpc) is 2.28. The summed E-state index contributed by atoms with van der Waals surface area (Å²) in [7, 11) is 3.48. The van der Waals surface area contributed by atoms with Crippen LogP contribution in [0.5, 0.6) is 5.75 Å². The highest BCUT2D eigenvalue weighted by Gasteiger charge is 2.06. The molecule has 0 heterocycles. The fraction of sp³-hybridized carbons (Fsp3) is 0.308. The van der Waals surface area contributed by atoms with Gasteiger partial charge in [-0.15, -0.1) is 0 Å². The number of nitrogens with one attached hydrogen (secondary N) is 2. The maximum Gasteiger partial charge on any atom is 0.121 e. The second kappa shape index (κ2) is 5.35. The second-order valence-corrected chi connectivity index (χ2v) is 3.68. The monoisotopic (exact) mass is 218 g/mol. The number of benzene rings is 1. The number of ether oxygens (including phenoxy) is 1. The van der Waals surface area contributed by atoms with E-state index >= 15 is 0 Å². The summed E-state index contributed by atoms with van der Waals surface area (Å²) in [5.74, 6) is 0.854. The molecule has 1 aromatic rings. The largest absolute Gasteiger partial charge is 0.496 e. The van der Waals surface area contributed by atoms with E-state index in [2.05, 4.69) is 5.32 Å². The number of allylic oxidation sites excluding steroid dienone is 1. The van der Waals surface area contributed by atoms with Crippen LogP contribution in [-0.4, -0.2) is 19.9 Å². The predicted molar refractivity (Wildman–Crippen MR) is 67.4 cm³/mol. The average molecular weight is 218 g/mol. The number of aryl methyl sites for hydroxylation is 1. The minimum Gasteiger partial charge on any atom is -0.496 e. The van der Waals surface area contributed by atoms with E-state index in [1.54, 1.807) is 7.11 Å². The molecule has 86 valence electrons. The molecule has 0 aliphatic rings. The fourth-order valence-corrected chi connectivity index (χ4v) is 1.55. The lowest BCUT2D eigenvalue weighted by Crippen LogP contribution is -2.05. The van der Waals surface area contributed by atoms with Gasteiger partial charge in [0.05, 0.1) is 12.8 Å². The molecule has 2 N–H and O–H groups in total. The molecular weight excluding hydrogens is 200 g/mol. The highest BCUT2D eigenvalue weighted by molar-refractivity contribution is 6.10. The molecule has 0 atom stereocenters. The van der Waals surface area contributed by atoms with E-state index in [-0.39, 0.29) is 0 Å². The van der Waals surface area contributed by atoms with Crippen LogP contribution in [0.25, 0.3) is 0 Å². The van der Waals surface area contributed by atoms with Crippen LogP contribution in [0.1, 0.15) is 18.1 Å². The van der Waals surface area contributed by atoms with Gasteiger partial charge in [0, 0.05) is 18.8 Å². The van der Waals surface area contributed by atoms with E-state index in [9.17, 15) is 0 Å². The van der Waals surface area contributed by atoms with E-state index in [0.29, 0.717) is 5.71 Å². The first-order chi connectivity index (χ1) is 7.60. The van der Waals surface area contributed by atoms with Crippen molar-refractivity contribution in [1.82, 2.24) is 5.32 Å². The Morgan fingerprint density at radius 2 is 2.12 bits per heavy atom. The minimum absolute atomic E-state index is 0.528. The van der Waals surface area contributed by atoms with E-state index in [1.807, 2.05) is 45.3 Å². The minimum atomic E-state index is 0.528. The van der Waals surface area contributed by atoms with Crippen molar-refractivity contribution in [3.05, 3.63) is 41.1 Å². The number of methoxy groups -OCH3 is 1. The first-order valence-electron chi connectivity index (χ1n) is 5.18. The second-order valence-electron chi connectivity index (χ2n) is 3.68. The molecule has 0 bridgehead atoms. The summed E-state index contributed by atoms with van der Waals surface area (Å²) < 4.78 is 5.19. The zero-order valence-electron chi connectivity index (χ0n) is 10.2. The lowest BCUT2D eigenvalue weighted by Gasteiger charge is -2.09. The van der Waals surface area contributed by atoms with Gasteiger partial charge in [0.1, 0.15) is 5.75 Å². The summed E-state index contributed by atoms with van der Waals surface area (Å²) in [6.45, 7) is 3.89. The predicted octanol–water partition coefficient (Wildman–Crippen LogP) is 2.49. The van der Waals surface area contributed by atoms with Crippen LogP contribution < -0.4 is 10.1 Å². The van der Waals surface area contributed by atoms with Crippen molar-refractivity contribution in [2.45, 2.75) is 13.8 Å². The normalized spacial score (nSPS) is 11.1.